The molecule has 23 heavy (non-hydrogen) atoms. The molecule has 3 unspecified atom stereocenters. The van der Waals surface area contributed by atoms with E-state index < -0.39 is 36.0 Å². The molecule has 0 amide bonds. The molecule has 0 aromatic carbocycles. The molecule has 0 spiro atoms. The van der Waals surface area contributed by atoms with Crippen molar-refractivity contribution in [2.45, 2.75) is 31.0 Å². The van der Waals surface area contributed by atoms with Gasteiger partial charge in [-0.2, -0.15) is 0 Å². The number of aromatic nitrogens is 2. The largest absolute Gasteiger partial charge is 0.475 e. The number of H-pyrrole nitrogens is 2. The number of ether oxygens (including phenoxy) is 1. The maximum atomic E-state index is 11.8. The molecule has 0 radical (unpaired) electrons. The Balaban J connectivity index is 2.88. The number of nitrogens with one attached hydrogen (secondary N) is 2. The third-order valence-electron chi connectivity index (χ3n) is 2.95. The molecule has 1 aromatic rings. The van der Waals surface area contributed by atoms with Crippen LogP contribution in [-0.4, -0.2) is 62.2 Å². The third-order valence-corrected chi connectivity index (χ3v) is 4.16. The first-order valence-electron chi connectivity index (χ1n) is 6.84. The molecular weight excluding hydrogens is 328 g/mol. The van der Waals surface area contributed by atoms with Gasteiger partial charge >= 0.3 is 5.69 Å². The first-order valence-corrected chi connectivity index (χ1v) is 7.83. The number of rotatable bonds is 9. The fourth-order valence-electron chi connectivity index (χ4n) is 1.62. The highest BCUT2D eigenvalue weighted by Crippen LogP contribution is 2.22. The number of aromatic amines is 2. The van der Waals surface area contributed by atoms with Crippen molar-refractivity contribution in [3.63, 3.8) is 0 Å². The van der Waals surface area contributed by atoms with E-state index >= 15 is 0 Å². The van der Waals surface area contributed by atoms with E-state index in [-0.39, 0.29) is 28.9 Å². The molecule has 0 saturated carbocycles. The van der Waals surface area contributed by atoms with Crippen LogP contribution in [0.15, 0.2) is 14.5 Å². The minimum absolute atomic E-state index is 0.00306. The molecule has 0 aliphatic carbocycles. The molecule has 1 rings (SSSR count). The van der Waals surface area contributed by atoms with Gasteiger partial charge in [0.05, 0.1) is 11.9 Å². The second-order valence-electron chi connectivity index (χ2n) is 5.09. The van der Waals surface area contributed by atoms with E-state index in [1.165, 1.54) is 13.8 Å². The van der Waals surface area contributed by atoms with E-state index in [0.29, 0.717) is 0 Å². The van der Waals surface area contributed by atoms with Gasteiger partial charge in [0.2, 0.25) is 5.88 Å². The Morgan fingerprint density at radius 3 is 2.52 bits per heavy atom. The molecule has 3 atom stereocenters. The number of thioether (sulfide) groups is 1. The van der Waals surface area contributed by atoms with Gasteiger partial charge in [-0.1, -0.05) is 6.92 Å². The van der Waals surface area contributed by atoms with Gasteiger partial charge in [-0.15, -0.1) is 11.8 Å². The summed E-state index contributed by atoms with van der Waals surface area (Å²) in [5.74, 6) is -0.914. The molecule has 1 heterocycles. The molecule has 0 saturated heterocycles. The minimum atomic E-state index is -1.33. The molecule has 0 fully saturated rings. The van der Waals surface area contributed by atoms with Crippen molar-refractivity contribution in [1.29, 1.82) is 0 Å². The highest BCUT2D eigenvalue weighted by molar-refractivity contribution is 8.00. The SMILES string of the molecule is CC(=O)CSc1c(OCC(O)C(O)C(C)CO)[nH]c(=O)[nH]c1=O. The zero-order valence-corrected chi connectivity index (χ0v) is 13.6. The Morgan fingerprint density at radius 1 is 1.30 bits per heavy atom. The summed E-state index contributed by atoms with van der Waals surface area (Å²) in [6.07, 6.45) is -2.56. The van der Waals surface area contributed by atoms with Crippen molar-refractivity contribution in [1.82, 2.24) is 9.97 Å². The van der Waals surface area contributed by atoms with Gasteiger partial charge < -0.3 is 20.1 Å². The monoisotopic (exact) mass is 348 g/mol. The van der Waals surface area contributed by atoms with Crippen molar-refractivity contribution in [3.05, 3.63) is 20.8 Å². The molecule has 10 heteroatoms. The molecule has 5 N–H and O–H groups in total. The first kappa shape index (κ1) is 19.4. The highest BCUT2D eigenvalue weighted by atomic mass is 32.2. The van der Waals surface area contributed by atoms with E-state index in [1.54, 1.807) is 0 Å². The van der Waals surface area contributed by atoms with Gasteiger partial charge in [-0.05, 0) is 6.92 Å². The number of ketones is 1. The lowest BCUT2D eigenvalue weighted by atomic mass is 10.0. The maximum absolute atomic E-state index is 11.8. The van der Waals surface area contributed by atoms with E-state index in [2.05, 4.69) is 4.98 Å². The summed E-state index contributed by atoms with van der Waals surface area (Å²) in [5.41, 5.74) is -1.51. The van der Waals surface area contributed by atoms with Crippen molar-refractivity contribution >= 4 is 17.5 Å². The molecule has 0 bridgehead atoms. The van der Waals surface area contributed by atoms with Crippen molar-refractivity contribution in [3.8, 4) is 5.88 Å². The Hall–Kier alpha value is -1.62. The van der Waals surface area contributed by atoms with E-state index in [0.717, 1.165) is 11.8 Å². The number of Topliss-reactive ketones (excluding diaryl/α,β-unsaturated/α-hetero) is 1. The second-order valence-corrected chi connectivity index (χ2v) is 6.07. The number of aliphatic hydroxyl groups is 3. The van der Waals surface area contributed by atoms with Gasteiger partial charge in [0.1, 0.15) is 23.4 Å². The van der Waals surface area contributed by atoms with Crippen LogP contribution in [0.25, 0.3) is 0 Å². The van der Waals surface area contributed by atoms with Gasteiger partial charge in [0.25, 0.3) is 5.56 Å². The van der Waals surface area contributed by atoms with Gasteiger partial charge in [-0.25, -0.2) is 4.79 Å². The van der Waals surface area contributed by atoms with Crippen molar-refractivity contribution < 1.29 is 24.9 Å². The van der Waals surface area contributed by atoms with E-state index in [1.807, 2.05) is 4.98 Å². The predicted molar refractivity (Wildman–Crippen MR) is 82.8 cm³/mol. The average Bonchev–Trinajstić information content (AvgIpc) is 2.49. The molecule has 0 aliphatic rings. The summed E-state index contributed by atoms with van der Waals surface area (Å²) in [7, 11) is 0. The summed E-state index contributed by atoms with van der Waals surface area (Å²) in [4.78, 5) is 38.4. The number of hydrogen-bond acceptors (Lipinski definition) is 8. The highest BCUT2D eigenvalue weighted by Gasteiger charge is 2.24. The maximum Gasteiger partial charge on any atom is 0.328 e. The Kier molecular flexibility index (Phi) is 7.49. The molecule has 1 aromatic heterocycles. The van der Waals surface area contributed by atoms with Gasteiger partial charge in [-0.3, -0.25) is 19.6 Å². The van der Waals surface area contributed by atoms with Crippen molar-refractivity contribution in [2.75, 3.05) is 19.0 Å². The summed E-state index contributed by atoms with van der Waals surface area (Å²) >= 11 is 0.889. The zero-order chi connectivity index (χ0) is 17.6. The van der Waals surface area contributed by atoms with Crippen LogP contribution in [0.5, 0.6) is 5.88 Å². The standard InChI is InChI=1S/C13H20N2O7S/c1-6(3-16)9(19)8(18)4-22-12-10(23-5-7(2)17)11(20)14-13(21)15-12/h6,8-9,16,18-19H,3-5H2,1-2H3,(H2,14,15,20,21). The lowest BCUT2D eigenvalue weighted by Crippen LogP contribution is -2.38. The molecule has 9 nitrogen and oxygen atoms in total. The van der Waals surface area contributed by atoms with Crippen LogP contribution in [-0.2, 0) is 4.79 Å². The fourth-order valence-corrected chi connectivity index (χ4v) is 2.39. The fraction of sp³-hybridized carbons (Fsp3) is 0.615. The summed E-state index contributed by atoms with van der Waals surface area (Å²) in [6.45, 7) is 2.17. The van der Waals surface area contributed by atoms with Crippen LogP contribution in [0.2, 0.25) is 0 Å². The topological polar surface area (TPSA) is 153 Å². The summed E-state index contributed by atoms with van der Waals surface area (Å²) in [5, 5.41) is 28.5. The van der Waals surface area contributed by atoms with Crippen LogP contribution < -0.4 is 16.0 Å². The average molecular weight is 348 g/mol. The number of aliphatic hydroxyl groups excluding tert-OH is 3. The summed E-state index contributed by atoms with van der Waals surface area (Å²) in [6, 6.07) is 0. The number of hydrogen-bond donors (Lipinski definition) is 5. The first-order chi connectivity index (χ1) is 10.8. The normalized spacial score (nSPS) is 15.0. The Morgan fingerprint density at radius 2 is 1.96 bits per heavy atom. The number of carbonyl (C=O) groups excluding carboxylic acids is 1. The number of carbonyl (C=O) groups is 1. The summed E-state index contributed by atoms with van der Waals surface area (Å²) < 4.78 is 5.21. The smallest absolute Gasteiger partial charge is 0.328 e. The Bertz CT molecular complexity index is 642. The minimum Gasteiger partial charge on any atom is -0.475 e. The molecular formula is C13H20N2O7S. The molecule has 130 valence electrons. The van der Waals surface area contributed by atoms with Crippen LogP contribution >= 0.6 is 11.8 Å². The van der Waals surface area contributed by atoms with Crippen molar-refractivity contribution in [2.24, 2.45) is 5.92 Å². The van der Waals surface area contributed by atoms with Crippen LogP contribution in [0.1, 0.15) is 13.8 Å². The van der Waals surface area contributed by atoms with Crippen LogP contribution in [0.4, 0.5) is 0 Å². The lowest BCUT2D eigenvalue weighted by Gasteiger charge is -2.22. The molecule has 0 aliphatic heterocycles. The predicted octanol–water partition coefficient (Wildman–Crippen LogP) is -1.53. The zero-order valence-electron chi connectivity index (χ0n) is 12.7. The van der Waals surface area contributed by atoms with Gasteiger partial charge in [0.15, 0.2) is 0 Å². The quantitative estimate of drug-likeness (QED) is 0.337. The van der Waals surface area contributed by atoms with Crippen LogP contribution in [0, 0.1) is 5.92 Å². The van der Waals surface area contributed by atoms with Crippen LogP contribution in [0.3, 0.4) is 0 Å². The van der Waals surface area contributed by atoms with E-state index in [4.69, 9.17) is 9.84 Å². The van der Waals surface area contributed by atoms with E-state index in [9.17, 15) is 24.6 Å². The third kappa shape index (κ3) is 5.82. The van der Waals surface area contributed by atoms with Gasteiger partial charge in [0, 0.05) is 12.5 Å². The second kappa shape index (κ2) is 8.87. The Labute approximate surface area is 135 Å². The lowest BCUT2D eigenvalue weighted by molar-refractivity contribution is -0.114.